The van der Waals surface area contributed by atoms with Crippen LogP contribution >= 0.6 is 24.0 Å². The molecule has 0 atom stereocenters. The van der Waals surface area contributed by atoms with Gasteiger partial charge in [-0.25, -0.2) is 14.2 Å². The van der Waals surface area contributed by atoms with Gasteiger partial charge < -0.3 is 21.4 Å². The van der Waals surface area contributed by atoms with Crippen LogP contribution in [0.2, 0.25) is 5.02 Å². The highest BCUT2D eigenvalue weighted by molar-refractivity contribution is 6.30. The van der Waals surface area contributed by atoms with Crippen molar-refractivity contribution in [2.75, 3.05) is 17.6 Å². The number of nitrogen functional groups attached to an aromatic ring is 1. The minimum absolute atomic E-state index is 0. The van der Waals surface area contributed by atoms with Gasteiger partial charge in [0.1, 0.15) is 5.82 Å². The zero-order valence-electron chi connectivity index (χ0n) is 11.5. The molecule has 0 radical (unpaired) electrons. The number of amides is 2. The minimum atomic E-state index is -0.577. The summed E-state index contributed by atoms with van der Waals surface area (Å²) in [5.41, 5.74) is 6.71. The third kappa shape index (κ3) is 5.42. The highest BCUT2D eigenvalue weighted by atomic mass is 35.5. The lowest BCUT2D eigenvalue weighted by Gasteiger charge is -2.07. The Bertz CT molecular complexity index is 635. The second-order valence-electron chi connectivity index (χ2n) is 4.41. The molecule has 120 valence electrons. The SMILES string of the molecule is Cl.Nc1ncc(CCCNC(=O)Nc2ccc(Cl)c(F)c2)[nH]1. The van der Waals surface area contributed by atoms with E-state index < -0.39 is 11.8 Å². The lowest BCUT2D eigenvalue weighted by molar-refractivity contribution is 0.252. The maximum absolute atomic E-state index is 13.2. The molecule has 1 aromatic heterocycles. The molecule has 22 heavy (non-hydrogen) atoms. The first kappa shape index (κ1) is 18.1. The highest BCUT2D eigenvalue weighted by Gasteiger charge is 2.05. The Morgan fingerprint density at radius 3 is 2.86 bits per heavy atom. The number of aryl methyl sites for hydroxylation is 1. The molecule has 1 aromatic carbocycles. The molecule has 0 fully saturated rings. The van der Waals surface area contributed by atoms with Crippen molar-refractivity contribution < 1.29 is 9.18 Å². The van der Waals surface area contributed by atoms with E-state index in [0.717, 1.165) is 24.6 Å². The van der Waals surface area contributed by atoms with E-state index >= 15 is 0 Å². The van der Waals surface area contributed by atoms with E-state index in [2.05, 4.69) is 20.6 Å². The van der Waals surface area contributed by atoms with Crippen molar-refractivity contribution in [1.82, 2.24) is 15.3 Å². The largest absolute Gasteiger partial charge is 0.369 e. The molecular formula is C13H16Cl2FN5O. The number of rotatable bonds is 5. The summed E-state index contributed by atoms with van der Waals surface area (Å²) >= 11 is 5.56. The number of H-pyrrole nitrogens is 1. The zero-order valence-corrected chi connectivity index (χ0v) is 13.1. The molecule has 5 N–H and O–H groups in total. The minimum Gasteiger partial charge on any atom is -0.369 e. The Balaban J connectivity index is 0.00000242. The Hall–Kier alpha value is -1.99. The van der Waals surface area contributed by atoms with Gasteiger partial charge in [-0.05, 0) is 31.0 Å². The number of carbonyl (C=O) groups excluding carboxylic acids is 1. The van der Waals surface area contributed by atoms with Crippen molar-refractivity contribution in [3.05, 3.63) is 40.9 Å². The van der Waals surface area contributed by atoms with Gasteiger partial charge in [-0.1, -0.05) is 11.6 Å². The summed E-state index contributed by atoms with van der Waals surface area (Å²) < 4.78 is 13.2. The van der Waals surface area contributed by atoms with Crippen LogP contribution in [0.1, 0.15) is 12.1 Å². The fourth-order valence-corrected chi connectivity index (χ4v) is 1.85. The average molecular weight is 348 g/mol. The van der Waals surface area contributed by atoms with Crippen LogP contribution < -0.4 is 16.4 Å². The lowest BCUT2D eigenvalue weighted by atomic mass is 10.2. The Labute approximate surface area is 138 Å². The standard InChI is InChI=1S/C13H15ClFN5O.ClH/c14-10-4-3-8(6-11(10)15)20-13(21)17-5-1-2-9-7-18-12(16)19-9;/h3-4,6-7H,1-2,5H2,(H3,16,18,19)(H2,17,20,21);1H. The molecule has 0 aliphatic heterocycles. The molecule has 0 spiro atoms. The number of halogens is 3. The highest BCUT2D eigenvalue weighted by Crippen LogP contribution is 2.18. The number of nitrogens with one attached hydrogen (secondary N) is 3. The molecule has 0 saturated heterocycles. The van der Waals surface area contributed by atoms with Crippen molar-refractivity contribution in [2.45, 2.75) is 12.8 Å². The first-order valence-corrected chi connectivity index (χ1v) is 6.71. The fourth-order valence-electron chi connectivity index (χ4n) is 1.73. The van der Waals surface area contributed by atoms with Crippen LogP contribution in [0.25, 0.3) is 0 Å². The molecule has 2 aromatic rings. The predicted molar refractivity (Wildman–Crippen MR) is 87.0 cm³/mol. The quantitative estimate of drug-likeness (QED) is 0.626. The summed E-state index contributed by atoms with van der Waals surface area (Å²) in [6.45, 7) is 0.473. The van der Waals surface area contributed by atoms with Gasteiger partial charge in [0.05, 0.1) is 11.2 Å². The van der Waals surface area contributed by atoms with Gasteiger partial charge in [0, 0.05) is 17.9 Å². The van der Waals surface area contributed by atoms with Crippen molar-refractivity contribution in [3.63, 3.8) is 0 Å². The smallest absolute Gasteiger partial charge is 0.319 e. The third-order valence-electron chi connectivity index (χ3n) is 2.73. The van der Waals surface area contributed by atoms with Gasteiger partial charge in [-0.15, -0.1) is 12.4 Å². The zero-order chi connectivity index (χ0) is 15.2. The summed E-state index contributed by atoms with van der Waals surface area (Å²) in [6.07, 6.45) is 3.11. The van der Waals surface area contributed by atoms with Crippen molar-refractivity contribution >= 4 is 41.7 Å². The number of imidazole rings is 1. The number of anilines is 2. The van der Waals surface area contributed by atoms with E-state index in [9.17, 15) is 9.18 Å². The van der Waals surface area contributed by atoms with Crippen LogP contribution in [0.4, 0.5) is 20.8 Å². The maximum atomic E-state index is 13.2. The molecule has 6 nitrogen and oxygen atoms in total. The predicted octanol–water partition coefficient (Wildman–Crippen LogP) is 2.96. The average Bonchev–Trinajstić information content (AvgIpc) is 2.85. The second kappa shape index (κ2) is 8.45. The summed E-state index contributed by atoms with van der Waals surface area (Å²) in [6, 6.07) is 3.67. The van der Waals surface area contributed by atoms with E-state index in [1.54, 1.807) is 6.20 Å². The van der Waals surface area contributed by atoms with Gasteiger partial charge in [0.2, 0.25) is 0 Å². The molecule has 0 aliphatic rings. The Kier molecular flexibility index (Phi) is 6.94. The number of hydrogen-bond donors (Lipinski definition) is 4. The number of nitrogens with two attached hydrogens (primary N) is 1. The number of urea groups is 1. The first-order valence-electron chi connectivity index (χ1n) is 6.34. The number of aromatic nitrogens is 2. The van der Waals surface area contributed by atoms with Gasteiger partial charge in [-0.3, -0.25) is 0 Å². The van der Waals surface area contributed by atoms with E-state index in [1.165, 1.54) is 12.1 Å². The van der Waals surface area contributed by atoms with Crippen LogP contribution in [-0.4, -0.2) is 22.5 Å². The van der Waals surface area contributed by atoms with Crippen LogP contribution in [0, 0.1) is 5.82 Å². The molecule has 0 bridgehead atoms. The van der Waals surface area contributed by atoms with Gasteiger partial charge >= 0.3 is 6.03 Å². The number of hydrogen-bond acceptors (Lipinski definition) is 3. The Morgan fingerprint density at radius 2 is 2.23 bits per heavy atom. The van der Waals surface area contributed by atoms with E-state index in [-0.39, 0.29) is 17.4 Å². The molecule has 9 heteroatoms. The normalized spacial score (nSPS) is 9.91. The second-order valence-corrected chi connectivity index (χ2v) is 4.81. The van der Waals surface area contributed by atoms with E-state index in [0.29, 0.717) is 18.2 Å². The molecule has 0 saturated carbocycles. The lowest BCUT2D eigenvalue weighted by Crippen LogP contribution is -2.29. The summed E-state index contributed by atoms with van der Waals surface area (Å²) in [7, 11) is 0. The van der Waals surface area contributed by atoms with E-state index in [4.69, 9.17) is 17.3 Å². The first-order chi connectivity index (χ1) is 10.0. The number of nitrogens with zero attached hydrogens (tertiary/aromatic N) is 1. The molecule has 0 aliphatic carbocycles. The Morgan fingerprint density at radius 1 is 1.45 bits per heavy atom. The molecule has 0 unspecified atom stereocenters. The summed E-state index contributed by atoms with van der Waals surface area (Å²) in [5.74, 6) is -0.202. The van der Waals surface area contributed by atoms with Crippen LogP contribution in [0.15, 0.2) is 24.4 Å². The van der Waals surface area contributed by atoms with Crippen molar-refractivity contribution in [3.8, 4) is 0 Å². The molecule has 2 rings (SSSR count). The molecule has 1 heterocycles. The van der Waals surface area contributed by atoms with Crippen molar-refractivity contribution in [2.24, 2.45) is 0 Å². The topological polar surface area (TPSA) is 95.8 Å². The van der Waals surface area contributed by atoms with Crippen molar-refractivity contribution in [1.29, 1.82) is 0 Å². The molecule has 2 amide bonds. The maximum Gasteiger partial charge on any atom is 0.319 e. The molecular weight excluding hydrogens is 332 g/mol. The third-order valence-corrected chi connectivity index (χ3v) is 3.04. The number of carbonyl (C=O) groups is 1. The van der Waals surface area contributed by atoms with Gasteiger partial charge in [0.25, 0.3) is 0 Å². The summed E-state index contributed by atoms with van der Waals surface area (Å²) in [4.78, 5) is 18.4. The fraction of sp³-hybridized carbons (Fsp3) is 0.231. The van der Waals surface area contributed by atoms with Crippen LogP contribution in [0.5, 0.6) is 0 Å². The summed E-state index contributed by atoms with van der Waals surface area (Å²) in [5, 5.41) is 5.21. The van der Waals surface area contributed by atoms with E-state index in [1.807, 2.05) is 0 Å². The van der Waals surface area contributed by atoms with Gasteiger partial charge in [0.15, 0.2) is 5.95 Å². The number of aromatic amines is 1. The number of benzene rings is 1. The van der Waals surface area contributed by atoms with Gasteiger partial charge in [-0.2, -0.15) is 0 Å². The monoisotopic (exact) mass is 347 g/mol. The van der Waals surface area contributed by atoms with Crippen LogP contribution in [-0.2, 0) is 6.42 Å². The van der Waals surface area contributed by atoms with Crippen LogP contribution in [0.3, 0.4) is 0 Å².